The maximum Gasteiger partial charge on any atom is 0.345 e. The van der Waals surface area contributed by atoms with Crippen LogP contribution < -0.4 is 4.74 Å². The summed E-state index contributed by atoms with van der Waals surface area (Å²) in [7, 11) is 0. The van der Waals surface area contributed by atoms with E-state index in [-0.39, 0.29) is 12.5 Å². The number of ether oxygens (including phenoxy) is 3. The van der Waals surface area contributed by atoms with Gasteiger partial charge in [0.1, 0.15) is 5.75 Å². The van der Waals surface area contributed by atoms with E-state index in [0.29, 0.717) is 42.6 Å². The summed E-state index contributed by atoms with van der Waals surface area (Å²) in [6.07, 6.45) is -1.02. The van der Waals surface area contributed by atoms with Crippen molar-refractivity contribution in [1.82, 2.24) is 4.90 Å². The van der Waals surface area contributed by atoms with E-state index in [4.69, 9.17) is 25.8 Å². The highest BCUT2D eigenvalue weighted by Crippen LogP contribution is 2.27. The molecule has 154 valence electrons. The molecular formula is C22H24ClNO5. The molecule has 2 aromatic carbocycles. The van der Waals surface area contributed by atoms with E-state index in [1.807, 2.05) is 19.9 Å². The number of halogens is 1. The van der Waals surface area contributed by atoms with Crippen LogP contribution >= 0.6 is 11.6 Å². The van der Waals surface area contributed by atoms with Gasteiger partial charge in [-0.05, 0) is 37.1 Å². The van der Waals surface area contributed by atoms with Crippen molar-refractivity contribution in [2.45, 2.75) is 20.0 Å². The Morgan fingerprint density at radius 3 is 2.34 bits per heavy atom. The molecule has 3 rings (SSSR count). The van der Waals surface area contributed by atoms with Crippen molar-refractivity contribution in [2.24, 2.45) is 0 Å². The molecule has 0 saturated carbocycles. The molecule has 7 heteroatoms. The fourth-order valence-corrected chi connectivity index (χ4v) is 3.59. The van der Waals surface area contributed by atoms with Crippen LogP contribution in [0.2, 0.25) is 5.02 Å². The molecule has 0 spiro atoms. The molecule has 2 aromatic rings. The highest BCUT2D eigenvalue weighted by molar-refractivity contribution is 6.30. The van der Waals surface area contributed by atoms with Crippen LogP contribution in [0.15, 0.2) is 42.5 Å². The van der Waals surface area contributed by atoms with Crippen molar-refractivity contribution >= 4 is 23.5 Å². The van der Waals surface area contributed by atoms with Crippen LogP contribution in [0.1, 0.15) is 22.8 Å². The molecule has 1 heterocycles. The van der Waals surface area contributed by atoms with Crippen LogP contribution in [-0.2, 0) is 19.1 Å². The van der Waals surface area contributed by atoms with Gasteiger partial charge in [-0.3, -0.25) is 4.79 Å². The molecule has 6 nitrogen and oxygen atoms in total. The van der Waals surface area contributed by atoms with Crippen LogP contribution in [0, 0.1) is 13.8 Å². The van der Waals surface area contributed by atoms with Gasteiger partial charge >= 0.3 is 5.97 Å². The lowest BCUT2D eigenvalue weighted by atomic mass is 10.1. The minimum Gasteiger partial charge on any atom is -0.481 e. The summed E-state index contributed by atoms with van der Waals surface area (Å²) in [5.74, 6) is -0.289. The lowest BCUT2D eigenvalue weighted by Gasteiger charge is -2.30. The molecule has 1 saturated heterocycles. The fraction of sp³-hybridized carbons (Fsp3) is 0.364. The van der Waals surface area contributed by atoms with E-state index >= 15 is 0 Å². The maximum absolute atomic E-state index is 13.0. The van der Waals surface area contributed by atoms with Crippen LogP contribution in [0.25, 0.3) is 0 Å². The maximum atomic E-state index is 13.0. The first-order chi connectivity index (χ1) is 14.0. The monoisotopic (exact) mass is 417 g/mol. The normalized spacial score (nSPS) is 14.9. The molecule has 1 atom stereocenters. The summed E-state index contributed by atoms with van der Waals surface area (Å²) >= 11 is 6.03. The van der Waals surface area contributed by atoms with Crippen LogP contribution in [0.4, 0.5) is 0 Å². The van der Waals surface area contributed by atoms with Gasteiger partial charge in [-0.1, -0.05) is 41.9 Å². The molecule has 0 N–H and O–H groups in total. The predicted molar refractivity (Wildman–Crippen MR) is 109 cm³/mol. The lowest BCUT2D eigenvalue weighted by molar-refractivity contribution is -0.164. The third kappa shape index (κ3) is 5.49. The average molecular weight is 418 g/mol. The van der Waals surface area contributed by atoms with Crippen LogP contribution in [0.5, 0.6) is 5.75 Å². The second-order valence-corrected chi connectivity index (χ2v) is 7.31. The molecule has 1 unspecified atom stereocenters. The van der Waals surface area contributed by atoms with Crippen molar-refractivity contribution < 1.29 is 23.8 Å². The molecule has 1 aliphatic rings. The SMILES string of the molecule is Cc1cc(Cl)cc(C)c1OCC(=O)OC(C(=O)N1CCOCC1)c1ccccc1. The van der Waals surface area contributed by atoms with Gasteiger partial charge in [-0.2, -0.15) is 0 Å². The van der Waals surface area contributed by atoms with Gasteiger partial charge in [-0.15, -0.1) is 0 Å². The molecule has 0 aliphatic carbocycles. The minimum absolute atomic E-state index is 0.258. The number of amides is 1. The van der Waals surface area contributed by atoms with Gasteiger partial charge < -0.3 is 19.1 Å². The number of rotatable bonds is 6. The molecule has 0 aromatic heterocycles. The van der Waals surface area contributed by atoms with Crippen molar-refractivity contribution in [2.75, 3.05) is 32.9 Å². The number of morpholine rings is 1. The second-order valence-electron chi connectivity index (χ2n) is 6.88. The Labute approximate surface area is 175 Å². The Kier molecular flexibility index (Phi) is 7.12. The Hall–Kier alpha value is -2.57. The summed E-state index contributed by atoms with van der Waals surface area (Å²) in [5, 5.41) is 0.607. The number of esters is 1. The standard InChI is InChI=1S/C22H24ClNO5/c1-15-12-18(23)13-16(2)20(15)28-14-19(25)29-21(17-6-4-3-5-7-17)22(26)24-8-10-27-11-9-24/h3-7,12-13,21H,8-11,14H2,1-2H3. The average Bonchev–Trinajstić information content (AvgIpc) is 2.72. The van der Waals surface area contributed by atoms with Gasteiger partial charge in [0, 0.05) is 23.7 Å². The quantitative estimate of drug-likeness (QED) is 0.673. The molecular weight excluding hydrogens is 394 g/mol. The zero-order valence-electron chi connectivity index (χ0n) is 16.5. The summed E-state index contributed by atoms with van der Waals surface area (Å²) < 4.78 is 16.5. The largest absolute Gasteiger partial charge is 0.481 e. The molecule has 0 bridgehead atoms. The van der Waals surface area contributed by atoms with E-state index in [1.165, 1.54) is 0 Å². The summed E-state index contributed by atoms with van der Waals surface area (Å²) in [4.78, 5) is 27.2. The predicted octanol–water partition coefficient (Wildman–Crippen LogP) is 3.48. The number of benzene rings is 2. The Bertz CT molecular complexity index is 842. The zero-order chi connectivity index (χ0) is 20.8. The van der Waals surface area contributed by atoms with Crippen LogP contribution in [0.3, 0.4) is 0 Å². The van der Waals surface area contributed by atoms with E-state index in [9.17, 15) is 9.59 Å². The number of nitrogens with zero attached hydrogens (tertiary/aromatic N) is 1. The molecule has 1 amide bonds. The highest BCUT2D eigenvalue weighted by Gasteiger charge is 2.30. The first-order valence-electron chi connectivity index (χ1n) is 9.46. The topological polar surface area (TPSA) is 65.1 Å². The second kappa shape index (κ2) is 9.76. The summed E-state index contributed by atoms with van der Waals surface area (Å²) in [5.41, 5.74) is 2.27. The number of hydrogen-bond acceptors (Lipinski definition) is 5. The number of carbonyl (C=O) groups excluding carboxylic acids is 2. The Balaban J connectivity index is 1.70. The Morgan fingerprint density at radius 1 is 1.10 bits per heavy atom. The molecule has 1 fully saturated rings. The smallest absolute Gasteiger partial charge is 0.345 e. The van der Waals surface area contributed by atoms with Crippen molar-refractivity contribution in [1.29, 1.82) is 0 Å². The summed E-state index contributed by atoms with van der Waals surface area (Å²) in [6.45, 7) is 5.29. The first-order valence-corrected chi connectivity index (χ1v) is 9.84. The van der Waals surface area contributed by atoms with Gasteiger partial charge in [-0.25, -0.2) is 4.79 Å². The molecule has 0 radical (unpaired) electrons. The summed E-state index contributed by atoms with van der Waals surface area (Å²) in [6, 6.07) is 12.5. The van der Waals surface area contributed by atoms with E-state index in [0.717, 1.165) is 11.1 Å². The van der Waals surface area contributed by atoms with Gasteiger partial charge in [0.15, 0.2) is 6.61 Å². The number of aryl methyl sites for hydroxylation is 2. The highest BCUT2D eigenvalue weighted by atomic mass is 35.5. The lowest BCUT2D eigenvalue weighted by Crippen LogP contribution is -2.44. The Morgan fingerprint density at radius 2 is 1.72 bits per heavy atom. The number of carbonyl (C=O) groups is 2. The van der Waals surface area contributed by atoms with Crippen molar-refractivity contribution in [3.8, 4) is 5.75 Å². The molecule has 29 heavy (non-hydrogen) atoms. The zero-order valence-corrected chi connectivity index (χ0v) is 17.3. The molecule has 1 aliphatic heterocycles. The third-order valence-electron chi connectivity index (χ3n) is 4.66. The van der Waals surface area contributed by atoms with Crippen LogP contribution in [-0.4, -0.2) is 49.7 Å². The fourth-order valence-electron chi connectivity index (χ4n) is 3.26. The van der Waals surface area contributed by atoms with E-state index in [1.54, 1.807) is 41.3 Å². The van der Waals surface area contributed by atoms with Gasteiger partial charge in [0.25, 0.3) is 5.91 Å². The minimum atomic E-state index is -1.02. The van der Waals surface area contributed by atoms with E-state index < -0.39 is 12.1 Å². The van der Waals surface area contributed by atoms with Crippen molar-refractivity contribution in [3.05, 3.63) is 64.2 Å². The van der Waals surface area contributed by atoms with Crippen molar-refractivity contribution in [3.63, 3.8) is 0 Å². The third-order valence-corrected chi connectivity index (χ3v) is 4.88. The van der Waals surface area contributed by atoms with E-state index in [2.05, 4.69) is 0 Å². The van der Waals surface area contributed by atoms with Gasteiger partial charge in [0.05, 0.1) is 13.2 Å². The number of hydrogen-bond donors (Lipinski definition) is 0. The van der Waals surface area contributed by atoms with Gasteiger partial charge in [0.2, 0.25) is 6.10 Å². The first kappa shape index (κ1) is 21.1.